The molecule has 2 heterocycles. The fourth-order valence-corrected chi connectivity index (χ4v) is 2.06. The summed E-state index contributed by atoms with van der Waals surface area (Å²) in [5.41, 5.74) is 2.57. The molecule has 0 radical (unpaired) electrons. The van der Waals surface area contributed by atoms with Crippen molar-refractivity contribution in [2.24, 2.45) is 0 Å². The third-order valence-corrected chi connectivity index (χ3v) is 3.17. The van der Waals surface area contributed by atoms with Crippen molar-refractivity contribution in [3.63, 3.8) is 0 Å². The first-order valence-corrected chi connectivity index (χ1v) is 6.76. The lowest BCUT2D eigenvalue weighted by molar-refractivity contribution is 0.0995. The molecular formula is C16H15N3O2. The Bertz CT molecular complexity index is 744. The molecule has 0 spiro atoms. The van der Waals surface area contributed by atoms with Crippen LogP contribution in [0.25, 0.3) is 11.3 Å². The maximum absolute atomic E-state index is 12.1. The van der Waals surface area contributed by atoms with Crippen molar-refractivity contribution >= 4 is 11.6 Å². The SMILES string of the molecule is CCc1ccc(C(=O)Nc2cccc(-c3ccn[nH]3)c2)o1. The average Bonchev–Trinajstić information content (AvgIpc) is 3.19. The number of anilines is 1. The fourth-order valence-electron chi connectivity index (χ4n) is 2.06. The number of nitrogens with one attached hydrogen (secondary N) is 2. The number of carbonyl (C=O) groups excluding carboxylic acids is 1. The van der Waals surface area contributed by atoms with Crippen molar-refractivity contribution in [1.29, 1.82) is 0 Å². The molecule has 0 saturated heterocycles. The zero-order valence-corrected chi connectivity index (χ0v) is 11.6. The molecule has 0 saturated carbocycles. The highest BCUT2D eigenvalue weighted by molar-refractivity contribution is 6.02. The van der Waals surface area contributed by atoms with E-state index in [1.165, 1.54) is 0 Å². The largest absolute Gasteiger partial charge is 0.456 e. The van der Waals surface area contributed by atoms with Gasteiger partial charge in [-0.15, -0.1) is 0 Å². The zero-order chi connectivity index (χ0) is 14.7. The van der Waals surface area contributed by atoms with Crippen LogP contribution in [0.2, 0.25) is 0 Å². The summed E-state index contributed by atoms with van der Waals surface area (Å²) in [4.78, 5) is 12.1. The Morgan fingerprint density at radius 2 is 2.19 bits per heavy atom. The molecule has 0 atom stereocenters. The topological polar surface area (TPSA) is 70.9 Å². The minimum Gasteiger partial charge on any atom is -0.456 e. The molecule has 5 heteroatoms. The van der Waals surface area contributed by atoms with E-state index in [9.17, 15) is 4.79 Å². The second kappa shape index (κ2) is 5.66. The standard InChI is InChI=1S/C16H15N3O2/c1-2-13-6-7-15(21-13)16(20)18-12-5-3-4-11(10-12)14-8-9-17-19-14/h3-10H,2H2,1H3,(H,17,19)(H,18,20). The van der Waals surface area contributed by atoms with Gasteiger partial charge in [-0.05, 0) is 30.3 Å². The molecule has 0 unspecified atom stereocenters. The van der Waals surface area contributed by atoms with Crippen molar-refractivity contribution in [1.82, 2.24) is 10.2 Å². The minimum atomic E-state index is -0.253. The monoisotopic (exact) mass is 281 g/mol. The lowest BCUT2D eigenvalue weighted by Crippen LogP contribution is -2.10. The first-order chi connectivity index (χ1) is 10.3. The van der Waals surface area contributed by atoms with Crippen molar-refractivity contribution in [3.05, 3.63) is 60.2 Å². The first kappa shape index (κ1) is 13.2. The number of furan rings is 1. The first-order valence-electron chi connectivity index (χ1n) is 6.76. The number of rotatable bonds is 4. The lowest BCUT2D eigenvalue weighted by Gasteiger charge is -2.05. The molecule has 1 amide bonds. The molecule has 3 aromatic rings. The normalized spacial score (nSPS) is 10.5. The number of hydrogen-bond acceptors (Lipinski definition) is 3. The van der Waals surface area contributed by atoms with Gasteiger partial charge in [-0.3, -0.25) is 9.89 Å². The van der Waals surface area contributed by atoms with Crippen molar-refractivity contribution in [2.75, 3.05) is 5.32 Å². The predicted octanol–water partition coefficient (Wildman–Crippen LogP) is 3.48. The van der Waals surface area contributed by atoms with Crippen molar-refractivity contribution < 1.29 is 9.21 Å². The Morgan fingerprint density at radius 1 is 1.29 bits per heavy atom. The summed E-state index contributed by atoms with van der Waals surface area (Å²) >= 11 is 0. The predicted molar refractivity (Wildman–Crippen MR) is 80.1 cm³/mol. The second-order valence-electron chi connectivity index (χ2n) is 4.62. The molecule has 0 bridgehead atoms. The van der Waals surface area contributed by atoms with Gasteiger partial charge in [0.15, 0.2) is 5.76 Å². The molecule has 0 fully saturated rings. The Hall–Kier alpha value is -2.82. The van der Waals surface area contributed by atoms with Crippen LogP contribution in [0.5, 0.6) is 0 Å². The molecule has 5 nitrogen and oxygen atoms in total. The number of aromatic nitrogens is 2. The summed E-state index contributed by atoms with van der Waals surface area (Å²) in [7, 11) is 0. The molecule has 21 heavy (non-hydrogen) atoms. The highest BCUT2D eigenvalue weighted by atomic mass is 16.3. The van der Waals surface area contributed by atoms with Gasteiger partial charge in [0.05, 0.1) is 5.69 Å². The van der Waals surface area contributed by atoms with Gasteiger partial charge in [-0.1, -0.05) is 19.1 Å². The van der Waals surface area contributed by atoms with E-state index in [0.29, 0.717) is 11.4 Å². The number of benzene rings is 1. The highest BCUT2D eigenvalue weighted by Gasteiger charge is 2.11. The van der Waals surface area contributed by atoms with E-state index in [1.807, 2.05) is 43.3 Å². The van der Waals surface area contributed by atoms with Crippen LogP contribution in [0.15, 0.2) is 53.1 Å². The Morgan fingerprint density at radius 3 is 2.90 bits per heavy atom. The van der Waals surface area contributed by atoms with Crippen LogP contribution in [-0.4, -0.2) is 16.1 Å². The van der Waals surface area contributed by atoms with Crippen LogP contribution in [0.4, 0.5) is 5.69 Å². The number of H-pyrrole nitrogens is 1. The molecular weight excluding hydrogens is 266 g/mol. The summed E-state index contributed by atoms with van der Waals surface area (Å²) in [5.74, 6) is 0.863. The number of nitrogens with zero attached hydrogens (tertiary/aromatic N) is 1. The molecule has 0 aliphatic rings. The van der Waals surface area contributed by atoms with Gasteiger partial charge in [-0.2, -0.15) is 5.10 Å². The van der Waals surface area contributed by atoms with Gasteiger partial charge in [0.25, 0.3) is 5.91 Å². The van der Waals surface area contributed by atoms with Crippen LogP contribution >= 0.6 is 0 Å². The van der Waals surface area contributed by atoms with Crippen LogP contribution in [-0.2, 0) is 6.42 Å². The number of amides is 1. The Labute approximate surface area is 122 Å². The quantitative estimate of drug-likeness (QED) is 0.769. The number of aryl methyl sites for hydroxylation is 1. The third kappa shape index (κ3) is 2.86. The fraction of sp³-hybridized carbons (Fsp3) is 0.125. The van der Waals surface area contributed by atoms with E-state index in [-0.39, 0.29) is 5.91 Å². The maximum atomic E-state index is 12.1. The molecule has 0 aliphatic heterocycles. The smallest absolute Gasteiger partial charge is 0.291 e. The van der Waals surface area contributed by atoms with Crippen molar-refractivity contribution in [3.8, 4) is 11.3 Å². The van der Waals surface area contributed by atoms with E-state index in [0.717, 1.165) is 23.4 Å². The molecule has 2 aromatic heterocycles. The average molecular weight is 281 g/mol. The minimum absolute atomic E-state index is 0.253. The van der Waals surface area contributed by atoms with Gasteiger partial charge in [0.1, 0.15) is 5.76 Å². The van der Waals surface area contributed by atoms with Crippen LogP contribution in [0, 0.1) is 0 Å². The van der Waals surface area contributed by atoms with Crippen LogP contribution < -0.4 is 5.32 Å². The van der Waals surface area contributed by atoms with Gasteiger partial charge < -0.3 is 9.73 Å². The second-order valence-corrected chi connectivity index (χ2v) is 4.62. The molecule has 1 aromatic carbocycles. The van der Waals surface area contributed by atoms with Crippen molar-refractivity contribution in [2.45, 2.75) is 13.3 Å². The number of carbonyl (C=O) groups is 1. The summed E-state index contributed by atoms with van der Waals surface area (Å²) in [6.45, 7) is 1.98. The Kier molecular flexibility index (Phi) is 3.55. The summed E-state index contributed by atoms with van der Waals surface area (Å²) in [6.07, 6.45) is 2.46. The van der Waals surface area contributed by atoms with Crippen LogP contribution in [0.3, 0.4) is 0 Å². The summed E-state index contributed by atoms with van der Waals surface area (Å²) in [5, 5.41) is 9.65. The van der Waals surface area contributed by atoms with Gasteiger partial charge >= 0.3 is 0 Å². The van der Waals surface area contributed by atoms with E-state index in [1.54, 1.807) is 12.3 Å². The van der Waals surface area contributed by atoms with Crippen LogP contribution in [0.1, 0.15) is 23.2 Å². The van der Waals surface area contributed by atoms with E-state index in [2.05, 4.69) is 15.5 Å². The molecule has 106 valence electrons. The van der Waals surface area contributed by atoms with Gasteiger partial charge in [-0.25, -0.2) is 0 Å². The molecule has 0 aliphatic carbocycles. The van der Waals surface area contributed by atoms with Gasteiger partial charge in [0, 0.05) is 23.9 Å². The summed E-state index contributed by atoms with van der Waals surface area (Å²) in [6, 6.07) is 12.9. The van der Waals surface area contributed by atoms with E-state index < -0.39 is 0 Å². The zero-order valence-electron chi connectivity index (χ0n) is 11.6. The van der Waals surface area contributed by atoms with Gasteiger partial charge in [0.2, 0.25) is 0 Å². The van der Waals surface area contributed by atoms with E-state index in [4.69, 9.17) is 4.42 Å². The maximum Gasteiger partial charge on any atom is 0.291 e. The summed E-state index contributed by atoms with van der Waals surface area (Å²) < 4.78 is 5.44. The Balaban J connectivity index is 1.78. The third-order valence-electron chi connectivity index (χ3n) is 3.17. The highest BCUT2D eigenvalue weighted by Crippen LogP contribution is 2.21. The lowest BCUT2D eigenvalue weighted by atomic mass is 10.1. The number of hydrogen-bond donors (Lipinski definition) is 2. The molecule has 3 rings (SSSR count). The van der Waals surface area contributed by atoms with E-state index >= 15 is 0 Å². The molecule has 2 N–H and O–H groups in total. The number of aromatic amines is 1.